The van der Waals surface area contributed by atoms with Crippen LogP contribution < -0.4 is 0 Å². The van der Waals surface area contributed by atoms with Gasteiger partial charge in [0.15, 0.2) is 0 Å². The summed E-state index contributed by atoms with van der Waals surface area (Å²) in [6.07, 6.45) is 4.67. The summed E-state index contributed by atoms with van der Waals surface area (Å²) >= 11 is 5.15. The zero-order chi connectivity index (χ0) is 11.7. The molecular formula is C13H20N2S. The Kier molecular flexibility index (Phi) is 3.45. The van der Waals surface area contributed by atoms with E-state index in [1.165, 1.54) is 30.5 Å². The number of aromatic nitrogens is 1. The maximum atomic E-state index is 5.15. The molecule has 2 rings (SSSR count). The maximum absolute atomic E-state index is 5.15. The molecule has 1 aromatic heterocycles. The minimum Gasteiger partial charge on any atom is -0.353 e. The molecule has 1 fully saturated rings. The second kappa shape index (κ2) is 4.68. The van der Waals surface area contributed by atoms with Crippen molar-refractivity contribution in [2.45, 2.75) is 45.7 Å². The Hall–Kier alpha value is -0.670. The largest absolute Gasteiger partial charge is 0.353 e. The second-order valence-electron chi connectivity index (χ2n) is 4.93. The van der Waals surface area contributed by atoms with E-state index in [4.69, 9.17) is 12.2 Å². The molecule has 0 radical (unpaired) electrons. The fourth-order valence-corrected chi connectivity index (χ4v) is 2.92. The van der Waals surface area contributed by atoms with Crippen molar-refractivity contribution in [1.82, 2.24) is 9.88 Å². The molecule has 88 valence electrons. The lowest BCUT2D eigenvalue weighted by atomic mass is 10.0. The lowest BCUT2D eigenvalue weighted by Crippen LogP contribution is -2.30. The van der Waals surface area contributed by atoms with Gasteiger partial charge >= 0.3 is 0 Å². The molecule has 0 saturated carbocycles. The molecule has 0 amide bonds. The van der Waals surface area contributed by atoms with E-state index < -0.39 is 0 Å². The lowest BCUT2D eigenvalue weighted by molar-refractivity contribution is 0.205. The number of likely N-dealkylation sites (tertiary alicyclic amines) is 1. The van der Waals surface area contributed by atoms with Gasteiger partial charge in [0.05, 0.1) is 0 Å². The monoisotopic (exact) mass is 236 g/mol. The Balaban J connectivity index is 2.33. The topological polar surface area (TPSA) is 19.0 Å². The van der Waals surface area contributed by atoms with Gasteiger partial charge in [-0.1, -0.05) is 12.2 Å². The van der Waals surface area contributed by atoms with Crippen LogP contribution in [0.2, 0.25) is 0 Å². The normalized spacial score (nSPS) is 21.9. The lowest BCUT2D eigenvalue weighted by Gasteiger charge is -2.29. The van der Waals surface area contributed by atoms with Gasteiger partial charge in [-0.25, -0.2) is 0 Å². The van der Waals surface area contributed by atoms with Crippen LogP contribution in [0.3, 0.4) is 0 Å². The van der Waals surface area contributed by atoms with Crippen molar-refractivity contribution in [1.29, 1.82) is 0 Å². The predicted octanol–water partition coefficient (Wildman–Crippen LogP) is 3.60. The maximum Gasteiger partial charge on any atom is 0.103 e. The standard InChI is InChI=1S/C13H20N2S/c1-9(2)15-6-4-5-12(15)11-8-14-13(16)7-10(11)3/h7-9,12H,4-6H2,1-3H3,(H,14,16)/t12-/m0/s1. The Morgan fingerprint density at radius 2 is 2.25 bits per heavy atom. The van der Waals surface area contributed by atoms with Crippen LogP contribution in [0, 0.1) is 11.6 Å². The molecule has 0 aromatic carbocycles. The summed E-state index contributed by atoms with van der Waals surface area (Å²) in [5, 5.41) is 0. The van der Waals surface area contributed by atoms with Crippen LogP contribution in [0.1, 0.15) is 43.9 Å². The smallest absolute Gasteiger partial charge is 0.103 e. The molecule has 1 N–H and O–H groups in total. The highest BCUT2D eigenvalue weighted by atomic mass is 32.1. The third-order valence-corrected chi connectivity index (χ3v) is 3.73. The summed E-state index contributed by atoms with van der Waals surface area (Å²) in [6, 6.07) is 3.27. The fraction of sp³-hybridized carbons (Fsp3) is 0.615. The fourth-order valence-electron chi connectivity index (χ4n) is 2.68. The summed E-state index contributed by atoms with van der Waals surface area (Å²) in [5.74, 6) is 0. The molecule has 2 nitrogen and oxygen atoms in total. The van der Waals surface area contributed by atoms with E-state index in [0.29, 0.717) is 12.1 Å². The first-order valence-corrected chi connectivity index (χ1v) is 6.45. The van der Waals surface area contributed by atoms with Crippen LogP contribution in [-0.4, -0.2) is 22.5 Å². The quantitative estimate of drug-likeness (QED) is 0.791. The summed E-state index contributed by atoms with van der Waals surface area (Å²) in [4.78, 5) is 5.75. The highest BCUT2D eigenvalue weighted by Gasteiger charge is 2.28. The van der Waals surface area contributed by atoms with E-state index in [1.807, 2.05) is 0 Å². The second-order valence-corrected chi connectivity index (χ2v) is 5.37. The van der Waals surface area contributed by atoms with Gasteiger partial charge in [0.2, 0.25) is 0 Å². The van der Waals surface area contributed by atoms with Crippen molar-refractivity contribution < 1.29 is 0 Å². The zero-order valence-corrected chi connectivity index (χ0v) is 11.1. The molecule has 16 heavy (non-hydrogen) atoms. The van der Waals surface area contributed by atoms with Crippen LogP contribution in [-0.2, 0) is 0 Å². The van der Waals surface area contributed by atoms with Crippen molar-refractivity contribution >= 4 is 12.2 Å². The Morgan fingerprint density at radius 3 is 2.88 bits per heavy atom. The molecule has 0 aliphatic carbocycles. The molecule has 1 aliphatic rings. The first kappa shape index (κ1) is 11.8. The number of nitrogens with zero attached hydrogens (tertiary/aromatic N) is 1. The Bertz CT molecular complexity index is 422. The summed E-state index contributed by atoms with van der Waals surface area (Å²) in [7, 11) is 0. The van der Waals surface area contributed by atoms with Gasteiger partial charge in [0.25, 0.3) is 0 Å². The molecule has 3 heteroatoms. The molecule has 0 unspecified atom stereocenters. The Labute approximate surface area is 103 Å². The molecule has 1 atom stereocenters. The third kappa shape index (κ3) is 2.20. The summed E-state index contributed by atoms with van der Waals surface area (Å²) in [5.41, 5.74) is 2.74. The highest BCUT2D eigenvalue weighted by molar-refractivity contribution is 7.71. The highest BCUT2D eigenvalue weighted by Crippen LogP contribution is 2.34. The van der Waals surface area contributed by atoms with Gasteiger partial charge in [-0.15, -0.1) is 0 Å². The first-order valence-electron chi connectivity index (χ1n) is 6.04. The number of aryl methyl sites for hydroxylation is 1. The van der Waals surface area contributed by atoms with Crippen LogP contribution in [0.25, 0.3) is 0 Å². The van der Waals surface area contributed by atoms with Crippen molar-refractivity contribution in [3.8, 4) is 0 Å². The van der Waals surface area contributed by atoms with Crippen molar-refractivity contribution in [2.24, 2.45) is 0 Å². The van der Waals surface area contributed by atoms with E-state index >= 15 is 0 Å². The van der Waals surface area contributed by atoms with Crippen molar-refractivity contribution in [3.05, 3.63) is 28.0 Å². The third-order valence-electron chi connectivity index (χ3n) is 3.49. The molecule has 1 aliphatic heterocycles. The number of hydrogen-bond donors (Lipinski definition) is 1. The van der Waals surface area contributed by atoms with E-state index in [-0.39, 0.29) is 0 Å². The Morgan fingerprint density at radius 1 is 1.50 bits per heavy atom. The van der Waals surface area contributed by atoms with E-state index in [2.05, 4.69) is 42.9 Å². The number of hydrogen-bond acceptors (Lipinski definition) is 2. The average Bonchev–Trinajstić information content (AvgIpc) is 2.66. The summed E-state index contributed by atoms with van der Waals surface area (Å²) in [6.45, 7) is 7.94. The zero-order valence-electron chi connectivity index (χ0n) is 10.3. The van der Waals surface area contributed by atoms with Gasteiger partial charge in [0, 0.05) is 18.3 Å². The number of pyridine rings is 1. The minimum absolute atomic E-state index is 0.576. The summed E-state index contributed by atoms with van der Waals surface area (Å²) < 4.78 is 0.829. The van der Waals surface area contributed by atoms with Gasteiger partial charge in [-0.05, 0) is 57.4 Å². The van der Waals surface area contributed by atoms with Gasteiger partial charge < -0.3 is 4.98 Å². The molecule has 0 spiro atoms. The van der Waals surface area contributed by atoms with E-state index in [9.17, 15) is 0 Å². The van der Waals surface area contributed by atoms with Gasteiger partial charge in [0.1, 0.15) is 4.64 Å². The number of nitrogens with one attached hydrogen (secondary N) is 1. The molecule has 2 heterocycles. The number of aromatic amines is 1. The number of rotatable bonds is 2. The predicted molar refractivity (Wildman–Crippen MR) is 70.2 cm³/mol. The van der Waals surface area contributed by atoms with Crippen LogP contribution in [0.5, 0.6) is 0 Å². The molecule has 1 saturated heterocycles. The van der Waals surface area contributed by atoms with Gasteiger partial charge in [-0.3, -0.25) is 4.90 Å². The average molecular weight is 236 g/mol. The van der Waals surface area contributed by atoms with E-state index in [0.717, 1.165) is 4.64 Å². The SMILES string of the molecule is Cc1cc(=S)[nH]cc1[C@@H]1CCCN1C(C)C. The first-order chi connectivity index (χ1) is 7.59. The van der Waals surface area contributed by atoms with Crippen molar-refractivity contribution in [3.63, 3.8) is 0 Å². The minimum atomic E-state index is 0.576. The van der Waals surface area contributed by atoms with Crippen molar-refractivity contribution in [2.75, 3.05) is 6.54 Å². The van der Waals surface area contributed by atoms with Gasteiger partial charge in [-0.2, -0.15) is 0 Å². The number of H-pyrrole nitrogens is 1. The van der Waals surface area contributed by atoms with Crippen LogP contribution in [0.15, 0.2) is 12.3 Å². The molecule has 0 bridgehead atoms. The van der Waals surface area contributed by atoms with Crippen LogP contribution >= 0.6 is 12.2 Å². The molecular weight excluding hydrogens is 216 g/mol. The molecule has 1 aromatic rings. The van der Waals surface area contributed by atoms with E-state index in [1.54, 1.807) is 0 Å². The van der Waals surface area contributed by atoms with Crippen LogP contribution in [0.4, 0.5) is 0 Å².